The van der Waals surface area contributed by atoms with Crippen LogP contribution in [-0.4, -0.2) is 23.0 Å². The molecule has 0 radical (unpaired) electrons. The Labute approximate surface area is 128 Å². The second-order valence-electron chi connectivity index (χ2n) is 4.07. The van der Waals surface area contributed by atoms with Crippen LogP contribution in [0.25, 0.3) is 10.2 Å². The van der Waals surface area contributed by atoms with E-state index in [-0.39, 0.29) is 0 Å². The lowest BCUT2D eigenvalue weighted by molar-refractivity contribution is 0.0598. The van der Waals surface area contributed by atoms with E-state index in [9.17, 15) is 4.79 Å². The Kier molecular flexibility index (Phi) is 3.80. The van der Waals surface area contributed by atoms with Crippen LogP contribution in [0.5, 0.6) is 0 Å². The van der Waals surface area contributed by atoms with E-state index in [0.29, 0.717) is 28.1 Å². The van der Waals surface area contributed by atoms with Crippen LogP contribution in [0.2, 0.25) is 0 Å². The Morgan fingerprint density at radius 3 is 3.14 bits per heavy atom. The number of ether oxygens (including phenoxy) is 1. The van der Waals surface area contributed by atoms with Crippen molar-refractivity contribution >= 4 is 45.1 Å². The number of aromatic nitrogens is 2. The molecule has 0 saturated heterocycles. The quantitative estimate of drug-likeness (QED) is 0.449. The zero-order valence-electron chi connectivity index (χ0n) is 11.0. The third-order valence-electron chi connectivity index (χ3n) is 2.82. The van der Waals surface area contributed by atoms with Gasteiger partial charge in [-0.3, -0.25) is 0 Å². The van der Waals surface area contributed by atoms with Crippen molar-refractivity contribution in [3.63, 3.8) is 0 Å². The number of furan rings is 1. The van der Waals surface area contributed by atoms with Crippen molar-refractivity contribution in [3.8, 4) is 0 Å². The van der Waals surface area contributed by atoms with Crippen LogP contribution >= 0.6 is 23.1 Å². The normalized spacial score (nSPS) is 10.9. The first-order chi connectivity index (χ1) is 10.2. The van der Waals surface area contributed by atoms with Gasteiger partial charge in [-0.05, 0) is 17.5 Å². The molecule has 0 aliphatic heterocycles. The number of rotatable bonds is 4. The third kappa shape index (κ3) is 2.72. The minimum absolute atomic E-state index is 0.412. The molecule has 21 heavy (non-hydrogen) atoms. The molecule has 108 valence electrons. The first-order valence-electron chi connectivity index (χ1n) is 5.97. The molecule has 0 aliphatic carbocycles. The number of anilines is 1. The zero-order valence-corrected chi connectivity index (χ0v) is 12.7. The summed E-state index contributed by atoms with van der Waals surface area (Å²) in [6, 6.07) is 3.48. The van der Waals surface area contributed by atoms with Gasteiger partial charge in [0.25, 0.3) is 0 Å². The highest BCUT2D eigenvalue weighted by atomic mass is 32.2. The summed E-state index contributed by atoms with van der Waals surface area (Å²) < 4.78 is 10.0. The van der Waals surface area contributed by atoms with Crippen molar-refractivity contribution in [2.75, 3.05) is 12.8 Å². The van der Waals surface area contributed by atoms with Gasteiger partial charge in [-0.2, -0.15) is 0 Å². The first kappa shape index (κ1) is 13.9. The fraction of sp³-hybridized carbons (Fsp3) is 0.154. The SMILES string of the molecule is COC(=O)c1ccoc1CSc1nc(N)c2ccsc2n1. The van der Waals surface area contributed by atoms with Gasteiger partial charge in [0, 0.05) is 0 Å². The van der Waals surface area contributed by atoms with E-state index in [1.807, 2.05) is 11.4 Å². The number of nitrogens with two attached hydrogens (primary N) is 1. The molecule has 2 N–H and O–H groups in total. The van der Waals surface area contributed by atoms with Crippen molar-refractivity contribution in [2.24, 2.45) is 0 Å². The first-order valence-corrected chi connectivity index (χ1v) is 7.83. The van der Waals surface area contributed by atoms with Gasteiger partial charge in [-0.15, -0.1) is 11.3 Å². The number of thioether (sulfide) groups is 1. The van der Waals surface area contributed by atoms with E-state index in [1.165, 1.54) is 36.5 Å². The fourth-order valence-corrected chi connectivity index (χ4v) is 3.43. The molecule has 0 saturated carbocycles. The van der Waals surface area contributed by atoms with Gasteiger partial charge >= 0.3 is 5.97 Å². The Bertz CT molecular complexity index is 797. The molecule has 3 rings (SSSR count). The molecular formula is C13H11N3O3S2. The highest BCUT2D eigenvalue weighted by Crippen LogP contribution is 2.28. The minimum Gasteiger partial charge on any atom is -0.468 e. The number of fused-ring (bicyclic) bond motifs is 1. The van der Waals surface area contributed by atoms with Crippen LogP contribution < -0.4 is 5.73 Å². The van der Waals surface area contributed by atoms with Crippen molar-refractivity contribution in [2.45, 2.75) is 10.9 Å². The van der Waals surface area contributed by atoms with Crippen molar-refractivity contribution in [3.05, 3.63) is 35.1 Å². The smallest absolute Gasteiger partial charge is 0.341 e. The van der Waals surface area contributed by atoms with Gasteiger partial charge in [-0.25, -0.2) is 14.8 Å². The Hall–Kier alpha value is -2.06. The summed E-state index contributed by atoms with van der Waals surface area (Å²) in [5.74, 6) is 0.985. The fourth-order valence-electron chi connectivity index (χ4n) is 1.80. The lowest BCUT2D eigenvalue weighted by atomic mass is 10.3. The van der Waals surface area contributed by atoms with Gasteiger partial charge in [0.2, 0.25) is 0 Å². The molecular weight excluding hydrogens is 310 g/mol. The number of methoxy groups -OCH3 is 1. The molecule has 0 atom stereocenters. The van der Waals surface area contributed by atoms with Crippen molar-refractivity contribution in [1.29, 1.82) is 0 Å². The number of esters is 1. The zero-order chi connectivity index (χ0) is 14.8. The number of thiophene rings is 1. The number of nitrogen functional groups attached to an aromatic ring is 1. The van der Waals surface area contributed by atoms with E-state index in [1.54, 1.807) is 6.07 Å². The summed E-state index contributed by atoms with van der Waals surface area (Å²) in [4.78, 5) is 21.1. The predicted octanol–water partition coefficient (Wildman–Crippen LogP) is 2.95. The van der Waals surface area contributed by atoms with Crippen LogP contribution in [0.4, 0.5) is 5.82 Å². The maximum Gasteiger partial charge on any atom is 0.341 e. The average Bonchev–Trinajstić information content (AvgIpc) is 3.13. The molecule has 3 aromatic rings. The Balaban J connectivity index is 1.80. The molecule has 0 spiro atoms. The highest BCUT2D eigenvalue weighted by molar-refractivity contribution is 7.98. The lowest BCUT2D eigenvalue weighted by Gasteiger charge is -2.02. The maximum absolute atomic E-state index is 11.6. The molecule has 3 heterocycles. The van der Waals surface area contributed by atoms with Crippen LogP contribution in [0.15, 0.2) is 33.3 Å². The summed E-state index contributed by atoms with van der Waals surface area (Å²) in [5.41, 5.74) is 6.31. The average molecular weight is 321 g/mol. The molecule has 0 aromatic carbocycles. The van der Waals surface area contributed by atoms with Crippen molar-refractivity contribution in [1.82, 2.24) is 9.97 Å². The Morgan fingerprint density at radius 2 is 2.33 bits per heavy atom. The molecule has 0 unspecified atom stereocenters. The van der Waals surface area contributed by atoms with E-state index in [0.717, 1.165) is 10.2 Å². The summed E-state index contributed by atoms with van der Waals surface area (Å²) in [7, 11) is 1.33. The number of hydrogen-bond acceptors (Lipinski definition) is 8. The number of nitrogens with zero attached hydrogens (tertiary/aromatic N) is 2. The topological polar surface area (TPSA) is 91.2 Å². The summed E-state index contributed by atoms with van der Waals surface area (Å²) in [5, 5.41) is 3.33. The standard InChI is InChI=1S/C13H11N3O3S2/c1-18-12(17)7-2-4-19-9(7)6-21-13-15-10(14)8-3-5-20-11(8)16-13/h2-5H,6H2,1H3,(H2,14,15,16). The van der Waals surface area contributed by atoms with Crippen LogP contribution in [0.1, 0.15) is 16.1 Å². The lowest BCUT2D eigenvalue weighted by Crippen LogP contribution is -2.02. The molecule has 0 aliphatic rings. The van der Waals surface area contributed by atoms with Gasteiger partial charge in [0.1, 0.15) is 22.0 Å². The Morgan fingerprint density at radius 1 is 1.48 bits per heavy atom. The van der Waals surface area contributed by atoms with Crippen molar-refractivity contribution < 1.29 is 13.9 Å². The third-order valence-corrected chi connectivity index (χ3v) is 4.47. The molecule has 3 aromatic heterocycles. The number of hydrogen-bond donors (Lipinski definition) is 1. The second kappa shape index (κ2) is 5.74. The van der Waals surface area contributed by atoms with Gasteiger partial charge in [0.05, 0.1) is 24.5 Å². The molecule has 0 bridgehead atoms. The van der Waals surface area contributed by atoms with E-state index in [4.69, 9.17) is 14.9 Å². The summed E-state index contributed by atoms with van der Waals surface area (Å²) in [6.07, 6.45) is 1.46. The van der Waals surface area contributed by atoms with Gasteiger partial charge in [0.15, 0.2) is 5.16 Å². The molecule has 8 heteroatoms. The predicted molar refractivity (Wildman–Crippen MR) is 81.4 cm³/mol. The van der Waals surface area contributed by atoms with E-state index in [2.05, 4.69) is 9.97 Å². The highest BCUT2D eigenvalue weighted by Gasteiger charge is 2.16. The van der Waals surface area contributed by atoms with Crippen LogP contribution in [-0.2, 0) is 10.5 Å². The summed E-state index contributed by atoms with van der Waals surface area (Å²) in [6.45, 7) is 0. The van der Waals surface area contributed by atoms with Crippen LogP contribution in [0, 0.1) is 0 Å². The second-order valence-corrected chi connectivity index (χ2v) is 5.91. The van der Waals surface area contributed by atoms with Gasteiger partial charge < -0.3 is 14.9 Å². The largest absolute Gasteiger partial charge is 0.468 e. The van der Waals surface area contributed by atoms with E-state index < -0.39 is 5.97 Å². The molecule has 6 nitrogen and oxygen atoms in total. The molecule has 0 fully saturated rings. The molecule has 0 amide bonds. The maximum atomic E-state index is 11.6. The van der Waals surface area contributed by atoms with E-state index >= 15 is 0 Å². The van der Waals surface area contributed by atoms with Crippen LogP contribution in [0.3, 0.4) is 0 Å². The summed E-state index contributed by atoms with van der Waals surface area (Å²) >= 11 is 2.86. The minimum atomic E-state index is -0.423. The van der Waals surface area contributed by atoms with Gasteiger partial charge in [-0.1, -0.05) is 11.8 Å². The monoisotopic (exact) mass is 321 g/mol. The number of carbonyl (C=O) groups excluding carboxylic acids is 1. The number of carbonyl (C=O) groups is 1.